The lowest BCUT2D eigenvalue weighted by molar-refractivity contribution is 0.0697. The number of aryl methyl sites for hydroxylation is 1. The van der Waals surface area contributed by atoms with Crippen molar-refractivity contribution in [1.82, 2.24) is 14.8 Å². The number of carbonyl (C=O) groups is 1. The maximum Gasteiger partial charge on any atom is 0.339 e. The van der Waals surface area contributed by atoms with Crippen LogP contribution in [0.2, 0.25) is 0 Å². The van der Waals surface area contributed by atoms with Crippen LogP contribution in [-0.2, 0) is 7.05 Å². The van der Waals surface area contributed by atoms with E-state index in [1.165, 1.54) is 6.20 Å². The van der Waals surface area contributed by atoms with Gasteiger partial charge in [0, 0.05) is 26.8 Å². The Morgan fingerprint density at radius 3 is 2.80 bits per heavy atom. The van der Waals surface area contributed by atoms with E-state index in [0.29, 0.717) is 29.7 Å². The number of fused-ring (bicyclic) bond motifs is 1. The van der Waals surface area contributed by atoms with Crippen LogP contribution in [0.15, 0.2) is 12.4 Å². The van der Waals surface area contributed by atoms with Gasteiger partial charge in [-0.3, -0.25) is 4.68 Å². The van der Waals surface area contributed by atoms with Crippen molar-refractivity contribution in [2.45, 2.75) is 19.4 Å². The van der Waals surface area contributed by atoms with Crippen LogP contribution in [0.1, 0.15) is 23.7 Å². The molecule has 0 bridgehead atoms. The van der Waals surface area contributed by atoms with Gasteiger partial charge in [0.15, 0.2) is 5.65 Å². The Labute approximate surface area is 116 Å². The standard InChI is InChI=1S/C13H18N4O3/c1-8(18)4-5-16(2)11-9-7-15-17(3)12(9)14-6-10(11)13(19)20/h6-8,18H,4-5H2,1-3H3,(H,19,20). The molecule has 0 spiro atoms. The van der Waals surface area contributed by atoms with Gasteiger partial charge in [0.25, 0.3) is 0 Å². The molecule has 2 N–H and O–H groups in total. The molecule has 0 saturated heterocycles. The van der Waals surface area contributed by atoms with E-state index < -0.39 is 12.1 Å². The number of pyridine rings is 1. The number of carboxylic acids is 1. The molecule has 1 atom stereocenters. The predicted octanol–water partition coefficient (Wildman–Crippen LogP) is 0.874. The van der Waals surface area contributed by atoms with E-state index in [1.807, 2.05) is 4.90 Å². The van der Waals surface area contributed by atoms with E-state index in [1.54, 1.807) is 31.9 Å². The molecule has 0 aromatic carbocycles. The first-order valence-electron chi connectivity index (χ1n) is 6.35. The first-order valence-corrected chi connectivity index (χ1v) is 6.35. The van der Waals surface area contributed by atoms with Gasteiger partial charge in [-0.15, -0.1) is 0 Å². The molecule has 20 heavy (non-hydrogen) atoms. The molecule has 2 aromatic heterocycles. The van der Waals surface area contributed by atoms with Crippen LogP contribution in [0.3, 0.4) is 0 Å². The summed E-state index contributed by atoms with van der Waals surface area (Å²) in [7, 11) is 3.56. The van der Waals surface area contributed by atoms with Gasteiger partial charge in [-0.05, 0) is 13.3 Å². The Morgan fingerprint density at radius 1 is 1.50 bits per heavy atom. The highest BCUT2D eigenvalue weighted by Crippen LogP contribution is 2.28. The van der Waals surface area contributed by atoms with Crippen molar-refractivity contribution in [3.05, 3.63) is 18.0 Å². The maximum atomic E-state index is 11.4. The molecule has 0 aliphatic carbocycles. The SMILES string of the molecule is CC(O)CCN(C)c1c(C(=O)O)cnc2c1cnn2C. The molecule has 7 heteroatoms. The highest BCUT2D eigenvalue weighted by Gasteiger charge is 2.20. The number of hydrogen-bond acceptors (Lipinski definition) is 5. The molecule has 0 fully saturated rings. The van der Waals surface area contributed by atoms with E-state index in [4.69, 9.17) is 0 Å². The van der Waals surface area contributed by atoms with Crippen molar-refractivity contribution in [3.63, 3.8) is 0 Å². The quantitative estimate of drug-likeness (QED) is 0.843. The van der Waals surface area contributed by atoms with Crippen molar-refractivity contribution in [2.24, 2.45) is 7.05 Å². The van der Waals surface area contributed by atoms with Gasteiger partial charge in [0.1, 0.15) is 5.56 Å². The second-order valence-electron chi connectivity index (χ2n) is 4.89. The van der Waals surface area contributed by atoms with E-state index in [9.17, 15) is 15.0 Å². The average molecular weight is 278 g/mol. The summed E-state index contributed by atoms with van der Waals surface area (Å²) in [5.74, 6) is -1.03. The van der Waals surface area contributed by atoms with Crippen LogP contribution in [0.5, 0.6) is 0 Å². The fraction of sp³-hybridized carbons (Fsp3) is 0.462. The van der Waals surface area contributed by atoms with Crippen molar-refractivity contribution in [1.29, 1.82) is 0 Å². The van der Waals surface area contributed by atoms with Gasteiger partial charge in [0.05, 0.1) is 23.4 Å². The second-order valence-corrected chi connectivity index (χ2v) is 4.89. The van der Waals surface area contributed by atoms with Gasteiger partial charge in [0.2, 0.25) is 0 Å². The lowest BCUT2D eigenvalue weighted by Crippen LogP contribution is -2.24. The molecule has 2 rings (SSSR count). The minimum absolute atomic E-state index is 0.138. The number of hydrogen-bond donors (Lipinski definition) is 2. The average Bonchev–Trinajstić information content (AvgIpc) is 2.76. The lowest BCUT2D eigenvalue weighted by Gasteiger charge is -2.22. The van der Waals surface area contributed by atoms with Crippen molar-refractivity contribution >= 4 is 22.7 Å². The number of carboxylic acid groups (broad SMARTS) is 1. The molecule has 0 radical (unpaired) electrons. The van der Waals surface area contributed by atoms with Gasteiger partial charge in [-0.2, -0.15) is 5.10 Å². The summed E-state index contributed by atoms with van der Waals surface area (Å²) in [6.07, 6.45) is 3.08. The smallest absolute Gasteiger partial charge is 0.339 e. The number of aliphatic hydroxyl groups is 1. The molecule has 0 amide bonds. The zero-order chi connectivity index (χ0) is 14.9. The van der Waals surface area contributed by atoms with Crippen molar-refractivity contribution < 1.29 is 15.0 Å². The van der Waals surface area contributed by atoms with Crippen LogP contribution < -0.4 is 4.90 Å². The van der Waals surface area contributed by atoms with Crippen LogP contribution in [0.4, 0.5) is 5.69 Å². The number of aliphatic hydroxyl groups excluding tert-OH is 1. The third kappa shape index (κ3) is 2.57. The van der Waals surface area contributed by atoms with Crippen molar-refractivity contribution in [2.75, 3.05) is 18.5 Å². The monoisotopic (exact) mass is 278 g/mol. The predicted molar refractivity (Wildman–Crippen MR) is 75.0 cm³/mol. The zero-order valence-electron chi connectivity index (χ0n) is 11.7. The number of rotatable bonds is 5. The molecule has 0 aliphatic rings. The molecule has 0 aliphatic heterocycles. The summed E-state index contributed by atoms with van der Waals surface area (Å²) in [5.41, 5.74) is 1.35. The van der Waals surface area contributed by atoms with Crippen LogP contribution in [0.25, 0.3) is 11.0 Å². The summed E-state index contributed by atoms with van der Waals surface area (Å²) >= 11 is 0. The first-order chi connectivity index (χ1) is 9.41. The van der Waals surface area contributed by atoms with Gasteiger partial charge in [-0.1, -0.05) is 0 Å². The number of aromatic nitrogens is 3. The van der Waals surface area contributed by atoms with Crippen LogP contribution >= 0.6 is 0 Å². The summed E-state index contributed by atoms with van der Waals surface area (Å²) in [4.78, 5) is 17.3. The molecular formula is C13H18N4O3. The minimum atomic E-state index is -1.03. The Balaban J connectivity index is 2.51. The number of anilines is 1. The molecule has 0 saturated carbocycles. The van der Waals surface area contributed by atoms with E-state index in [-0.39, 0.29) is 5.56 Å². The molecule has 2 heterocycles. The molecule has 2 aromatic rings. The lowest BCUT2D eigenvalue weighted by atomic mass is 10.1. The first kappa shape index (κ1) is 14.3. The third-order valence-corrected chi connectivity index (χ3v) is 3.23. The third-order valence-electron chi connectivity index (χ3n) is 3.23. The normalized spacial score (nSPS) is 12.6. The highest BCUT2D eigenvalue weighted by molar-refractivity contribution is 6.03. The van der Waals surface area contributed by atoms with Gasteiger partial charge < -0.3 is 15.1 Å². The Bertz CT molecular complexity index is 636. The molecule has 1 unspecified atom stereocenters. The Hall–Kier alpha value is -2.15. The fourth-order valence-electron chi connectivity index (χ4n) is 2.14. The van der Waals surface area contributed by atoms with E-state index in [0.717, 1.165) is 0 Å². The van der Waals surface area contributed by atoms with Gasteiger partial charge >= 0.3 is 5.97 Å². The summed E-state index contributed by atoms with van der Waals surface area (Å²) in [6.45, 7) is 2.25. The van der Waals surface area contributed by atoms with Crippen LogP contribution in [-0.4, -0.2) is 50.6 Å². The Morgan fingerprint density at radius 2 is 2.20 bits per heavy atom. The molecule has 7 nitrogen and oxygen atoms in total. The summed E-state index contributed by atoms with van der Waals surface area (Å²) < 4.78 is 1.60. The van der Waals surface area contributed by atoms with E-state index in [2.05, 4.69) is 10.1 Å². The fourth-order valence-corrected chi connectivity index (χ4v) is 2.14. The Kier molecular flexibility index (Phi) is 3.89. The zero-order valence-corrected chi connectivity index (χ0v) is 11.7. The maximum absolute atomic E-state index is 11.4. The largest absolute Gasteiger partial charge is 0.478 e. The summed E-state index contributed by atoms with van der Waals surface area (Å²) in [5, 5.41) is 23.5. The van der Waals surface area contributed by atoms with E-state index >= 15 is 0 Å². The second kappa shape index (κ2) is 5.46. The topological polar surface area (TPSA) is 91.5 Å². The van der Waals surface area contributed by atoms with Crippen LogP contribution in [0, 0.1) is 0 Å². The highest BCUT2D eigenvalue weighted by atomic mass is 16.4. The van der Waals surface area contributed by atoms with Crippen molar-refractivity contribution in [3.8, 4) is 0 Å². The molecule has 108 valence electrons. The molecular weight excluding hydrogens is 260 g/mol. The minimum Gasteiger partial charge on any atom is -0.478 e. The number of aromatic carboxylic acids is 1. The summed E-state index contributed by atoms with van der Waals surface area (Å²) in [6, 6.07) is 0. The number of nitrogens with zero attached hydrogens (tertiary/aromatic N) is 4. The van der Waals surface area contributed by atoms with Gasteiger partial charge in [-0.25, -0.2) is 9.78 Å².